The highest BCUT2D eigenvalue weighted by Crippen LogP contribution is 2.36. The molecule has 0 unspecified atom stereocenters. The van der Waals surface area contributed by atoms with Crippen molar-refractivity contribution in [2.75, 3.05) is 25.6 Å². The summed E-state index contributed by atoms with van der Waals surface area (Å²) in [5.74, 6) is 0.116. The van der Waals surface area contributed by atoms with E-state index in [1.807, 2.05) is 6.92 Å². The Labute approximate surface area is 177 Å². The fraction of sp³-hybridized carbons (Fsp3) is 0.350. The number of fused-ring (bicyclic) bond motifs is 1. The largest absolute Gasteiger partial charge is 0.486 e. The molecule has 1 amide bonds. The van der Waals surface area contributed by atoms with Gasteiger partial charge in [-0.15, -0.1) is 11.3 Å². The van der Waals surface area contributed by atoms with Crippen LogP contribution in [0, 0.1) is 12.7 Å². The molecule has 8 nitrogen and oxygen atoms in total. The lowest BCUT2D eigenvalue weighted by molar-refractivity contribution is 0.0541. The van der Waals surface area contributed by atoms with Crippen molar-refractivity contribution < 1.29 is 23.5 Å². The molecule has 1 aliphatic heterocycles. The van der Waals surface area contributed by atoms with Crippen LogP contribution >= 0.6 is 11.3 Å². The molecule has 1 atom stereocenters. The monoisotopic (exact) mass is 434 g/mol. The number of benzene rings is 1. The first-order valence-corrected chi connectivity index (χ1v) is 9.77. The molecule has 1 saturated heterocycles. The van der Waals surface area contributed by atoms with Crippen molar-refractivity contribution in [3.8, 4) is 5.75 Å². The number of aryl methyl sites for hydroxylation is 1. The molecular formula is C20H23FN4O4S. The first-order chi connectivity index (χ1) is 14.1. The number of nitrogens with zero attached hydrogens (tertiary/aromatic N) is 2. The van der Waals surface area contributed by atoms with Crippen LogP contribution in [0.2, 0.25) is 0 Å². The van der Waals surface area contributed by atoms with E-state index in [0.29, 0.717) is 45.6 Å². The van der Waals surface area contributed by atoms with Gasteiger partial charge in [-0.1, -0.05) is 7.43 Å². The zero-order valence-electron chi connectivity index (χ0n) is 15.8. The Balaban J connectivity index is 0.00000256. The van der Waals surface area contributed by atoms with Gasteiger partial charge in [0.2, 0.25) is 0 Å². The minimum atomic E-state index is -0.400. The molecule has 1 aliphatic rings. The smallest absolute Gasteiger partial charge is 0.285 e. The zero-order chi connectivity index (χ0) is 20.4. The van der Waals surface area contributed by atoms with Crippen LogP contribution in [0.1, 0.15) is 29.1 Å². The van der Waals surface area contributed by atoms with Crippen molar-refractivity contribution in [1.82, 2.24) is 15.4 Å². The van der Waals surface area contributed by atoms with E-state index < -0.39 is 5.82 Å². The van der Waals surface area contributed by atoms with Crippen LogP contribution in [0.3, 0.4) is 0 Å². The molecule has 1 fully saturated rings. The van der Waals surface area contributed by atoms with Gasteiger partial charge in [-0.05, 0) is 24.6 Å². The highest BCUT2D eigenvalue weighted by molar-refractivity contribution is 7.20. The maximum atomic E-state index is 13.8. The second-order valence-electron chi connectivity index (χ2n) is 6.46. The van der Waals surface area contributed by atoms with Gasteiger partial charge < -0.3 is 14.8 Å². The molecule has 2 N–H and O–H groups in total. The Bertz CT molecular complexity index is 1050. The molecule has 0 saturated carbocycles. The average Bonchev–Trinajstić information content (AvgIpc) is 3.32. The lowest BCUT2D eigenvalue weighted by Gasteiger charge is -2.17. The maximum Gasteiger partial charge on any atom is 0.285 e. The van der Waals surface area contributed by atoms with Crippen LogP contribution < -0.4 is 15.5 Å². The summed E-state index contributed by atoms with van der Waals surface area (Å²) in [5, 5.41) is 3.91. The van der Waals surface area contributed by atoms with Crippen molar-refractivity contribution in [2.24, 2.45) is 0 Å². The maximum absolute atomic E-state index is 13.8. The number of ether oxygens (including phenoxy) is 2. The fourth-order valence-corrected chi connectivity index (χ4v) is 4.17. The lowest BCUT2D eigenvalue weighted by Crippen LogP contribution is -2.21. The SMILES string of the molecule is C.CONC(=O)c1sc2ncnc(Nc3ccc(F)cc3O[C@@H]3CCOC3)c2c1C. The Morgan fingerprint density at radius 1 is 1.37 bits per heavy atom. The minimum Gasteiger partial charge on any atom is -0.486 e. The second kappa shape index (κ2) is 9.33. The number of rotatable bonds is 6. The molecule has 0 spiro atoms. The first-order valence-electron chi connectivity index (χ1n) is 8.95. The van der Waals surface area contributed by atoms with Gasteiger partial charge in [-0.25, -0.2) is 19.8 Å². The summed E-state index contributed by atoms with van der Waals surface area (Å²) in [5.41, 5.74) is 3.60. The number of hydroxylamine groups is 1. The van der Waals surface area contributed by atoms with Crippen molar-refractivity contribution in [2.45, 2.75) is 26.9 Å². The van der Waals surface area contributed by atoms with E-state index in [4.69, 9.17) is 14.3 Å². The highest BCUT2D eigenvalue weighted by Gasteiger charge is 2.22. The highest BCUT2D eigenvalue weighted by atomic mass is 32.1. The summed E-state index contributed by atoms with van der Waals surface area (Å²) in [4.78, 5) is 26.7. The predicted molar refractivity (Wildman–Crippen MR) is 113 cm³/mol. The van der Waals surface area contributed by atoms with Crippen molar-refractivity contribution >= 4 is 39.0 Å². The summed E-state index contributed by atoms with van der Waals surface area (Å²) in [6.45, 7) is 2.90. The molecule has 0 aliphatic carbocycles. The summed E-state index contributed by atoms with van der Waals surface area (Å²) in [7, 11) is 1.37. The van der Waals surface area contributed by atoms with Crippen molar-refractivity contribution in [1.29, 1.82) is 0 Å². The van der Waals surface area contributed by atoms with E-state index in [1.54, 1.807) is 6.07 Å². The second-order valence-corrected chi connectivity index (χ2v) is 7.46. The number of anilines is 2. The third kappa shape index (κ3) is 4.35. The van der Waals surface area contributed by atoms with Gasteiger partial charge in [0.15, 0.2) is 0 Å². The molecule has 1 aromatic carbocycles. The van der Waals surface area contributed by atoms with Crippen LogP contribution in [0.4, 0.5) is 15.9 Å². The Kier molecular flexibility index (Phi) is 6.80. The molecule has 4 rings (SSSR count). The van der Waals surface area contributed by atoms with Gasteiger partial charge in [-0.2, -0.15) is 0 Å². The Morgan fingerprint density at radius 3 is 2.93 bits per heavy atom. The quantitative estimate of drug-likeness (QED) is 0.567. The number of hydrogen-bond donors (Lipinski definition) is 2. The van der Waals surface area contributed by atoms with Crippen LogP contribution in [-0.4, -0.2) is 42.3 Å². The fourth-order valence-electron chi connectivity index (χ4n) is 3.13. The van der Waals surface area contributed by atoms with Crippen LogP contribution in [0.25, 0.3) is 10.2 Å². The number of nitrogens with one attached hydrogen (secondary N) is 2. The van der Waals surface area contributed by atoms with Gasteiger partial charge in [0, 0.05) is 12.5 Å². The molecule has 0 bridgehead atoms. The first kappa shape index (κ1) is 21.9. The standard InChI is InChI=1S/C19H19FN4O4S.CH4/c1-10-15-17(21-9-22-19(15)29-16(10)18(25)24-26-2)23-13-4-3-11(20)7-14(13)28-12-5-6-27-8-12;/h3-4,7,9,12H,5-6,8H2,1-2H3,(H,24,25)(H,21,22,23);1H4/t12-;/m1./s1. The molecule has 30 heavy (non-hydrogen) atoms. The molecule has 160 valence electrons. The molecule has 0 radical (unpaired) electrons. The summed E-state index contributed by atoms with van der Waals surface area (Å²) in [6, 6.07) is 4.27. The van der Waals surface area contributed by atoms with E-state index in [2.05, 4.69) is 20.8 Å². The number of halogens is 1. The van der Waals surface area contributed by atoms with Crippen LogP contribution in [0.15, 0.2) is 24.5 Å². The number of thiophene rings is 1. The lowest BCUT2D eigenvalue weighted by atomic mass is 10.2. The number of carbonyl (C=O) groups is 1. The number of amides is 1. The molecule has 3 aromatic rings. The van der Waals surface area contributed by atoms with Crippen LogP contribution in [-0.2, 0) is 9.57 Å². The third-order valence-electron chi connectivity index (χ3n) is 4.51. The summed E-state index contributed by atoms with van der Waals surface area (Å²) >= 11 is 1.24. The number of aromatic nitrogens is 2. The van der Waals surface area contributed by atoms with E-state index in [-0.39, 0.29) is 19.4 Å². The Morgan fingerprint density at radius 2 is 2.20 bits per heavy atom. The number of hydrogen-bond acceptors (Lipinski definition) is 8. The minimum absolute atomic E-state index is 0. The molecule has 10 heteroatoms. The zero-order valence-corrected chi connectivity index (χ0v) is 16.6. The van der Waals surface area contributed by atoms with E-state index in [9.17, 15) is 9.18 Å². The normalized spacial score (nSPS) is 15.6. The van der Waals surface area contributed by atoms with Gasteiger partial charge in [0.25, 0.3) is 5.91 Å². The van der Waals surface area contributed by atoms with Gasteiger partial charge in [-0.3, -0.25) is 9.63 Å². The third-order valence-corrected chi connectivity index (χ3v) is 5.70. The molecule has 2 aromatic heterocycles. The van der Waals surface area contributed by atoms with Crippen molar-refractivity contribution in [3.05, 3.63) is 40.8 Å². The topological polar surface area (TPSA) is 94.6 Å². The van der Waals surface area contributed by atoms with Gasteiger partial charge in [0.1, 0.15) is 34.6 Å². The Hall–Kier alpha value is -2.82. The summed E-state index contributed by atoms with van der Waals surface area (Å²) < 4.78 is 25.1. The van der Waals surface area contributed by atoms with E-state index >= 15 is 0 Å². The van der Waals surface area contributed by atoms with E-state index in [1.165, 1.54) is 36.9 Å². The van der Waals surface area contributed by atoms with Gasteiger partial charge in [0.05, 0.1) is 36.3 Å². The molecular weight excluding hydrogens is 411 g/mol. The van der Waals surface area contributed by atoms with E-state index in [0.717, 1.165) is 12.0 Å². The molecule has 3 heterocycles. The van der Waals surface area contributed by atoms with Gasteiger partial charge >= 0.3 is 0 Å². The predicted octanol–water partition coefficient (Wildman–Crippen LogP) is 3.98. The summed E-state index contributed by atoms with van der Waals surface area (Å²) in [6.07, 6.45) is 2.03. The average molecular weight is 434 g/mol. The number of carbonyl (C=O) groups excluding carboxylic acids is 1. The van der Waals surface area contributed by atoms with Crippen molar-refractivity contribution in [3.63, 3.8) is 0 Å². The van der Waals surface area contributed by atoms with Crippen LogP contribution in [0.5, 0.6) is 5.75 Å².